The number of hydrazone groups is 1. The van der Waals surface area contributed by atoms with Crippen molar-refractivity contribution in [2.75, 3.05) is 19.5 Å². The Labute approximate surface area is 206 Å². The summed E-state index contributed by atoms with van der Waals surface area (Å²) in [7, 11) is 2.85. The van der Waals surface area contributed by atoms with Gasteiger partial charge in [0.25, 0.3) is 0 Å². The highest BCUT2D eigenvalue weighted by atomic mass is 35.5. The van der Waals surface area contributed by atoms with Crippen LogP contribution in [0.25, 0.3) is 0 Å². The van der Waals surface area contributed by atoms with Crippen LogP contribution in [-0.2, 0) is 9.59 Å². The van der Waals surface area contributed by atoms with Crippen molar-refractivity contribution in [3.8, 4) is 17.2 Å². The number of rotatable bonds is 7. The maximum Gasteiger partial charge on any atom is 0.343 e. The number of halogens is 1. The molecule has 0 aliphatic heterocycles. The Kier molecular flexibility index (Phi) is 8.42. The van der Waals surface area contributed by atoms with Gasteiger partial charge in [-0.3, -0.25) is 9.59 Å². The van der Waals surface area contributed by atoms with Gasteiger partial charge in [0.2, 0.25) is 0 Å². The Morgan fingerprint density at radius 2 is 1.54 bits per heavy atom. The summed E-state index contributed by atoms with van der Waals surface area (Å²) < 4.78 is 15.8. The summed E-state index contributed by atoms with van der Waals surface area (Å²) in [6.07, 6.45) is 1.30. The first-order chi connectivity index (χ1) is 16.8. The number of amides is 2. The van der Waals surface area contributed by atoms with Gasteiger partial charge in [0, 0.05) is 5.02 Å². The van der Waals surface area contributed by atoms with E-state index in [4.69, 9.17) is 25.8 Å². The maximum absolute atomic E-state index is 12.4. The summed E-state index contributed by atoms with van der Waals surface area (Å²) in [4.78, 5) is 36.6. The Hall–Kier alpha value is -4.37. The molecule has 0 aliphatic rings. The molecule has 0 spiro atoms. The number of nitrogens with zero attached hydrogens (tertiary/aromatic N) is 1. The second kappa shape index (κ2) is 11.7. The van der Waals surface area contributed by atoms with Crippen LogP contribution in [0.1, 0.15) is 21.5 Å². The molecule has 35 heavy (non-hydrogen) atoms. The lowest BCUT2D eigenvalue weighted by molar-refractivity contribution is -0.136. The van der Waals surface area contributed by atoms with E-state index in [0.717, 1.165) is 5.56 Å². The van der Waals surface area contributed by atoms with Crippen LogP contribution >= 0.6 is 11.6 Å². The third kappa shape index (κ3) is 6.81. The van der Waals surface area contributed by atoms with Crippen LogP contribution in [0, 0.1) is 6.92 Å². The highest BCUT2D eigenvalue weighted by Gasteiger charge is 2.16. The number of carbonyl (C=O) groups excluding carboxylic acids is 3. The minimum absolute atomic E-state index is 0.217. The van der Waals surface area contributed by atoms with E-state index in [0.29, 0.717) is 21.9 Å². The van der Waals surface area contributed by atoms with E-state index >= 15 is 0 Å². The highest BCUT2D eigenvalue weighted by molar-refractivity contribution is 6.40. The molecule has 3 rings (SSSR count). The second-order valence-corrected chi connectivity index (χ2v) is 7.60. The molecule has 3 aromatic carbocycles. The van der Waals surface area contributed by atoms with Crippen molar-refractivity contribution >= 4 is 41.3 Å². The summed E-state index contributed by atoms with van der Waals surface area (Å²) in [5, 5.41) is 6.55. The average Bonchev–Trinajstić information content (AvgIpc) is 2.85. The maximum atomic E-state index is 12.4. The molecule has 10 heteroatoms. The lowest BCUT2D eigenvalue weighted by atomic mass is 10.1. The number of anilines is 1. The van der Waals surface area contributed by atoms with Gasteiger partial charge in [-0.2, -0.15) is 5.10 Å². The first-order valence-corrected chi connectivity index (χ1v) is 10.6. The van der Waals surface area contributed by atoms with E-state index in [1.165, 1.54) is 32.6 Å². The Balaban J connectivity index is 1.62. The largest absolute Gasteiger partial charge is 0.495 e. The summed E-state index contributed by atoms with van der Waals surface area (Å²) in [6.45, 7) is 1.92. The predicted octanol–water partition coefficient (Wildman–Crippen LogP) is 3.97. The SMILES string of the molecule is COc1ccc(Cl)cc1NC(=O)C(=O)N/N=C/c1ccc(OC(=O)c2ccc(C)cc2)c(OC)c1. The molecule has 2 amide bonds. The zero-order valence-corrected chi connectivity index (χ0v) is 19.9. The van der Waals surface area contributed by atoms with Gasteiger partial charge < -0.3 is 19.5 Å². The third-order valence-corrected chi connectivity index (χ3v) is 4.91. The molecule has 0 saturated heterocycles. The number of hydrogen-bond donors (Lipinski definition) is 2. The highest BCUT2D eigenvalue weighted by Crippen LogP contribution is 2.29. The first kappa shape index (κ1) is 25.3. The number of hydrogen-bond acceptors (Lipinski definition) is 7. The zero-order chi connectivity index (χ0) is 25.4. The molecule has 0 atom stereocenters. The minimum Gasteiger partial charge on any atom is -0.495 e. The normalized spacial score (nSPS) is 10.5. The van der Waals surface area contributed by atoms with Crippen molar-refractivity contribution in [2.24, 2.45) is 5.10 Å². The Morgan fingerprint density at radius 3 is 2.23 bits per heavy atom. The lowest BCUT2D eigenvalue weighted by Gasteiger charge is -2.10. The van der Waals surface area contributed by atoms with Crippen molar-refractivity contribution < 1.29 is 28.6 Å². The molecule has 0 radical (unpaired) electrons. The molecule has 0 bridgehead atoms. The summed E-state index contributed by atoms with van der Waals surface area (Å²) in [5.74, 6) is -1.65. The van der Waals surface area contributed by atoms with Crippen LogP contribution in [-0.4, -0.2) is 38.2 Å². The van der Waals surface area contributed by atoms with Gasteiger partial charge in [0.15, 0.2) is 11.5 Å². The van der Waals surface area contributed by atoms with Crippen molar-refractivity contribution in [2.45, 2.75) is 6.92 Å². The fourth-order valence-corrected chi connectivity index (χ4v) is 3.04. The Bertz CT molecular complexity index is 1270. The minimum atomic E-state index is -1.00. The van der Waals surface area contributed by atoms with Crippen LogP contribution in [0.15, 0.2) is 65.8 Å². The number of nitrogens with one attached hydrogen (secondary N) is 2. The smallest absolute Gasteiger partial charge is 0.343 e. The molecule has 3 aromatic rings. The van der Waals surface area contributed by atoms with Gasteiger partial charge >= 0.3 is 17.8 Å². The second-order valence-electron chi connectivity index (χ2n) is 7.16. The summed E-state index contributed by atoms with van der Waals surface area (Å²) in [5.41, 5.74) is 4.32. The molecule has 2 N–H and O–H groups in total. The van der Waals surface area contributed by atoms with Crippen molar-refractivity contribution in [3.05, 3.63) is 82.4 Å². The first-order valence-electron chi connectivity index (χ1n) is 10.3. The number of methoxy groups -OCH3 is 2. The van der Waals surface area contributed by atoms with E-state index in [-0.39, 0.29) is 17.2 Å². The fraction of sp³-hybridized carbons (Fsp3) is 0.120. The van der Waals surface area contributed by atoms with E-state index < -0.39 is 17.8 Å². The van der Waals surface area contributed by atoms with E-state index in [9.17, 15) is 14.4 Å². The monoisotopic (exact) mass is 495 g/mol. The van der Waals surface area contributed by atoms with E-state index in [2.05, 4.69) is 15.8 Å². The van der Waals surface area contributed by atoms with Gasteiger partial charge in [-0.15, -0.1) is 0 Å². The van der Waals surface area contributed by atoms with Crippen LogP contribution in [0.2, 0.25) is 5.02 Å². The molecule has 0 aliphatic carbocycles. The number of benzene rings is 3. The van der Waals surface area contributed by atoms with Crippen LogP contribution in [0.5, 0.6) is 17.2 Å². The van der Waals surface area contributed by atoms with Crippen molar-refractivity contribution in [3.63, 3.8) is 0 Å². The molecule has 0 fully saturated rings. The van der Waals surface area contributed by atoms with Crippen molar-refractivity contribution in [1.29, 1.82) is 0 Å². The average molecular weight is 496 g/mol. The van der Waals surface area contributed by atoms with Crippen molar-refractivity contribution in [1.82, 2.24) is 5.43 Å². The van der Waals surface area contributed by atoms with E-state index in [1.54, 1.807) is 36.4 Å². The number of ether oxygens (including phenoxy) is 3. The number of aryl methyl sites for hydroxylation is 1. The summed E-state index contributed by atoms with van der Waals surface area (Å²) in [6, 6.07) is 16.3. The molecular formula is C25H22ClN3O6. The molecule has 180 valence electrons. The molecule has 0 unspecified atom stereocenters. The molecule has 0 aromatic heterocycles. The van der Waals surface area contributed by atoms with Gasteiger partial charge in [-0.05, 0) is 61.0 Å². The van der Waals surface area contributed by atoms with Gasteiger partial charge in [0.1, 0.15) is 5.75 Å². The molecular weight excluding hydrogens is 474 g/mol. The quantitative estimate of drug-likeness (QED) is 0.168. The molecule has 0 heterocycles. The lowest BCUT2D eigenvalue weighted by Crippen LogP contribution is -2.32. The standard InChI is InChI=1S/C25H22ClN3O6/c1-15-4-7-17(8-5-15)25(32)35-21-10-6-16(12-22(21)34-3)14-27-29-24(31)23(30)28-19-13-18(26)9-11-20(19)33-2/h4-14H,1-3H3,(H,28,30)(H,29,31)/b27-14+. The van der Waals surface area contributed by atoms with Crippen LogP contribution < -0.4 is 25.0 Å². The van der Waals surface area contributed by atoms with Gasteiger partial charge in [-0.1, -0.05) is 29.3 Å². The van der Waals surface area contributed by atoms with E-state index in [1.807, 2.05) is 19.1 Å². The van der Waals surface area contributed by atoms with Gasteiger partial charge in [0.05, 0.1) is 31.7 Å². The molecule has 0 saturated carbocycles. The third-order valence-electron chi connectivity index (χ3n) is 4.67. The topological polar surface area (TPSA) is 115 Å². The summed E-state index contributed by atoms with van der Waals surface area (Å²) >= 11 is 5.92. The molecule has 9 nitrogen and oxygen atoms in total. The number of esters is 1. The predicted molar refractivity (Wildman–Crippen MR) is 132 cm³/mol. The Morgan fingerprint density at radius 1 is 0.857 bits per heavy atom. The fourth-order valence-electron chi connectivity index (χ4n) is 2.87. The zero-order valence-electron chi connectivity index (χ0n) is 19.1. The van der Waals surface area contributed by atoms with Gasteiger partial charge in [-0.25, -0.2) is 10.2 Å². The van der Waals surface area contributed by atoms with Crippen LogP contribution in [0.3, 0.4) is 0 Å². The number of carbonyl (C=O) groups is 3. The van der Waals surface area contributed by atoms with Crippen LogP contribution in [0.4, 0.5) is 5.69 Å².